The van der Waals surface area contributed by atoms with Gasteiger partial charge in [-0.3, -0.25) is 14.5 Å². The molecule has 3 aromatic rings. The molecule has 184 valence electrons. The molecule has 0 radical (unpaired) electrons. The fraction of sp³-hybridized carbons (Fsp3) is 0.333. The lowest BCUT2D eigenvalue weighted by Crippen LogP contribution is -2.54. The normalized spacial score (nSPS) is 16.2. The average molecular weight is 495 g/mol. The average Bonchev–Trinajstić information content (AvgIpc) is 3.29. The van der Waals surface area contributed by atoms with Gasteiger partial charge in [0.05, 0.1) is 0 Å². The van der Waals surface area contributed by atoms with Crippen molar-refractivity contribution in [3.63, 3.8) is 0 Å². The van der Waals surface area contributed by atoms with Crippen LogP contribution in [0.1, 0.15) is 32.9 Å². The van der Waals surface area contributed by atoms with Crippen molar-refractivity contribution in [1.29, 1.82) is 0 Å². The molecule has 35 heavy (non-hydrogen) atoms. The summed E-state index contributed by atoms with van der Waals surface area (Å²) in [6.07, 6.45) is 1.31. The SMILES string of the molecule is NC(O)(CCc1ccc(CN2CCc3ccccc3C2)s1)C(C(=O)O)C(=O)OCc1ccccc1. The van der Waals surface area contributed by atoms with E-state index in [0.29, 0.717) is 12.0 Å². The number of carboxylic acids is 1. The number of carboxylic acid groups (broad SMARTS) is 1. The molecule has 1 aliphatic rings. The Balaban J connectivity index is 1.32. The fourth-order valence-corrected chi connectivity index (χ4v) is 5.41. The summed E-state index contributed by atoms with van der Waals surface area (Å²) in [5.41, 5.74) is 7.21. The highest BCUT2D eigenvalue weighted by Gasteiger charge is 2.45. The maximum atomic E-state index is 12.5. The number of esters is 1. The van der Waals surface area contributed by atoms with E-state index < -0.39 is 23.6 Å². The summed E-state index contributed by atoms with van der Waals surface area (Å²) in [6.45, 7) is 2.65. The number of aliphatic hydroxyl groups is 1. The van der Waals surface area contributed by atoms with Crippen LogP contribution < -0.4 is 5.73 Å². The first kappa shape index (κ1) is 25.1. The number of thiophene rings is 1. The second-order valence-corrected chi connectivity index (χ2v) is 10.2. The number of carbonyl (C=O) groups is 2. The van der Waals surface area contributed by atoms with E-state index in [4.69, 9.17) is 10.5 Å². The van der Waals surface area contributed by atoms with E-state index in [1.165, 1.54) is 16.0 Å². The summed E-state index contributed by atoms with van der Waals surface area (Å²) in [5.74, 6) is -4.44. The minimum atomic E-state index is -2.24. The van der Waals surface area contributed by atoms with Crippen LogP contribution >= 0.6 is 11.3 Å². The quantitative estimate of drug-likeness (QED) is 0.225. The number of nitrogens with zero attached hydrogens (tertiary/aromatic N) is 1. The molecule has 2 unspecified atom stereocenters. The van der Waals surface area contributed by atoms with Crippen molar-refractivity contribution < 1.29 is 24.5 Å². The standard InChI is InChI=1S/C27H30N2O5S/c28-27(33,24(25(30)31)26(32)34-18-19-6-2-1-3-7-19)14-12-22-10-11-23(35-22)17-29-15-13-20-8-4-5-9-21(20)16-29/h1-11,24,33H,12-18,28H2,(H,30,31). The number of carbonyl (C=O) groups excluding carboxylic acids is 1. The van der Waals surface area contributed by atoms with Gasteiger partial charge in [-0.25, -0.2) is 0 Å². The molecule has 0 spiro atoms. The highest BCUT2D eigenvalue weighted by molar-refractivity contribution is 7.11. The Kier molecular flexibility index (Phi) is 7.97. The third-order valence-electron chi connectivity index (χ3n) is 6.28. The summed E-state index contributed by atoms with van der Waals surface area (Å²) in [4.78, 5) is 28.8. The fourth-order valence-electron chi connectivity index (χ4n) is 4.35. The summed E-state index contributed by atoms with van der Waals surface area (Å²) in [6, 6.07) is 21.5. The van der Waals surface area contributed by atoms with Gasteiger partial charge in [-0.15, -0.1) is 11.3 Å². The molecule has 2 atom stereocenters. The third-order valence-corrected chi connectivity index (χ3v) is 7.41. The minimum Gasteiger partial charge on any atom is -0.480 e. The number of benzene rings is 2. The van der Waals surface area contributed by atoms with Crippen LogP contribution in [0.2, 0.25) is 0 Å². The first-order valence-electron chi connectivity index (χ1n) is 11.6. The molecular weight excluding hydrogens is 464 g/mol. The van der Waals surface area contributed by atoms with Crippen molar-refractivity contribution in [2.24, 2.45) is 11.7 Å². The van der Waals surface area contributed by atoms with Gasteiger partial charge in [0, 0.05) is 29.4 Å². The van der Waals surface area contributed by atoms with Crippen LogP contribution in [0.4, 0.5) is 0 Å². The Morgan fingerprint density at radius 1 is 1.03 bits per heavy atom. The van der Waals surface area contributed by atoms with Gasteiger partial charge in [-0.05, 0) is 48.1 Å². The van der Waals surface area contributed by atoms with E-state index >= 15 is 0 Å². The van der Waals surface area contributed by atoms with Gasteiger partial charge in [-0.2, -0.15) is 0 Å². The first-order valence-corrected chi connectivity index (χ1v) is 12.4. The van der Waals surface area contributed by atoms with E-state index in [9.17, 15) is 19.8 Å². The smallest absolute Gasteiger partial charge is 0.325 e. The van der Waals surface area contributed by atoms with Crippen molar-refractivity contribution in [2.75, 3.05) is 6.54 Å². The molecule has 0 saturated heterocycles. The number of hydrogen-bond donors (Lipinski definition) is 3. The molecule has 7 nitrogen and oxygen atoms in total. The van der Waals surface area contributed by atoms with Gasteiger partial charge in [-0.1, -0.05) is 54.6 Å². The van der Waals surface area contributed by atoms with E-state index in [1.54, 1.807) is 35.6 Å². The molecule has 1 aromatic heterocycles. The lowest BCUT2D eigenvalue weighted by Gasteiger charge is -2.28. The lowest BCUT2D eigenvalue weighted by atomic mass is 9.91. The van der Waals surface area contributed by atoms with Crippen LogP contribution in [0.25, 0.3) is 0 Å². The molecule has 0 bridgehead atoms. The largest absolute Gasteiger partial charge is 0.480 e. The van der Waals surface area contributed by atoms with Crippen LogP contribution in [0, 0.1) is 5.92 Å². The van der Waals surface area contributed by atoms with Crippen LogP contribution in [-0.2, 0) is 46.9 Å². The number of ether oxygens (including phenoxy) is 1. The molecule has 4 rings (SSSR count). The first-order chi connectivity index (χ1) is 16.8. The number of rotatable bonds is 10. The zero-order valence-corrected chi connectivity index (χ0v) is 20.2. The zero-order chi connectivity index (χ0) is 24.8. The molecule has 0 aliphatic carbocycles. The number of aryl methyl sites for hydroxylation is 1. The van der Waals surface area contributed by atoms with Gasteiger partial charge in [0.25, 0.3) is 0 Å². The highest BCUT2D eigenvalue weighted by atomic mass is 32.1. The van der Waals surface area contributed by atoms with Crippen LogP contribution in [0.15, 0.2) is 66.7 Å². The number of nitrogens with two attached hydrogens (primary N) is 1. The zero-order valence-electron chi connectivity index (χ0n) is 19.4. The van der Waals surface area contributed by atoms with Crippen molar-refractivity contribution in [3.05, 3.63) is 93.2 Å². The van der Waals surface area contributed by atoms with Gasteiger partial charge in [0.2, 0.25) is 0 Å². The summed E-state index contributed by atoms with van der Waals surface area (Å²) >= 11 is 1.61. The van der Waals surface area contributed by atoms with Gasteiger partial charge < -0.3 is 20.7 Å². The maximum Gasteiger partial charge on any atom is 0.325 e. The molecule has 0 fully saturated rings. The van der Waals surface area contributed by atoms with Crippen molar-refractivity contribution in [2.45, 2.75) is 44.7 Å². The van der Waals surface area contributed by atoms with Gasteiger partial charge >= 0.3 is 11.9 Å². The molecule has 4 N–H and O–H groups in total. The van der Waals surface area contributed by atoms with Crippen molar-refractivity contribution in [3.8, 4) is 0 Å². The predicted molar refractivity (Wildman–Crippen MR) is 133 cm³/mol. The molecule has 2 heterocycles. The second kappa shape index (κ2) is 11.1. The van der Waals surface area contributed by atoms with E-state index in [0.717, 1.165) is 30.9 Å². The topological polar surface area (TPSA) is 113 Å². The maximum absolute atomic E-state index is 12.5. The van der Waals surface area contributed by atoms with Gasteiger partial charge in [0.15, 0.2) is 5.92 Å². The minimum absolute atomic E-state index is 0.0819. The Hall–Kier alpha value is -3.04. The molecule has 0 saturated carbocycles. The van der Waals surface area contributed by atoms with E-state index in [1.807, 2.05) is 12.1 Å². The number of fused-ring (bicyclic) bond motifs is 1. The van der Waals surface area contributed by atoms with Crippen molar-refractivity contribution in [1.82, 2.24) is 4.90 Å². The summed E-state index contributed by atoms with van der Waals surface area (Å²) in [7, 11) is 0. The van der Waals surface area contributed by atoms with Crippen LogP contribution in [0.5, 0.6) is 0 Å². The third kappa shape index (κ3) is 6.55. The number of hydrogen-bond acceptors (Lipinski definition) is 7. The number of aliphatic carboxylic acids is 1. The lowest BCUT2D eigenvalue weighted by molar-refractivity contribution is -0.172. The second-order valence-electron chi connectivity index (χ2n) is 8.95. The molecular formula is C27H30N2O5S. The van der Waals surface area contributed by atoms with E-state index in [-0.39, 0.29) is 13.0 Å². The molecule has 2 aromatic carbocycles. The predicted octanol–water partition coefficient (Wildman–Crippen LogP) is 3.33. The Morgan fingerprint density at radius 2 is 1.71 bits per heavy atom. The molecule has 0 amide bonds. The van der Waals surface area contributed by atoms with Gasteiger partial charge in [0.1, 0.15) is 12.3 Å². The Labute approximate surface area is 208 Å². The van der Waals surface area contributed by atoms with Crippen LogP contribution in [-0.4, -0.2) is 39.3 Å². The summed E-state index contributed by atoms with van der Waals surface area (Å²) < 4.78 is 5.14. The van der Waals surface area contributed by atoms with Crippen LogP contribution in [0.3, 0.4) is 0 Å². The Bertz CT molecular complexity index is 1160. The van der Waals surface area contributed by atoms with Crippen molar-refractivity contribution >= 4 is 23.3 Å². The summed E-state index contributed by atoms with van der Waals surface area (Å²) in [5, 5.41) is 20.3. The Morgan fingerprint density at radius 3 is 2.46 bits per heavy atom. The monoisotopic (exact) mass is 494 g/mol. The highest BCUT2D eigenvalue weighted by Crippen LogP contribution is 2.27. The molecule has 1 aliphatic heterocycles. The van der Waals surface area contributed by atoms with E-state index in [2.05, 4.69) is 35.2 Å². The molecule has 8 heteroatoms.